The molecule has 1 aromatic heterocycles. The summed E-state index contributed by atoms with van der Waals surface area (Å²) in [6.07, 6.45) is 3.06. The van der Waals surface area contributed by atoms with E-state index in [0.717, 1.165) is 12.8 Å². The van der Waals surface area contributed by atoms with Crippen molar-refractivity contribution in [3.05, 3.63) is 11.9 Å². The smallest absolute Gasteiger partial charge is 0.272 e. The quantitative estimate of drug-likeness (QED) is 0.612. The Bertz CT molecular complexity index is 375. The number of anilines is 1. The Balaban J connectivity index is 2.15. The number of hydrogen-bond acceptors (Lipinski definition) is 4. The normalized spacial score (nSPS) is 17.5. The van der Waals surface area contributed by atoms with Crippen molar-refractivity contribution in [2.24, 2.45) is 7.05 Å². The van der Waals surface area contributed by atoms with Crippen LogP contribution in [0.5, 0.6) is 0 Å². The van der Waals surface area contributed by atoms with E-state index in [1.165, 1.54) is 10.9 Å². The van der Waals surface area contributed by atoms with Crippen LogP contribution in [0.15, 0.2) is 6.20 Å². The van der Waals surface area contributed by atoms with E-state index in [1.54, 1.807) is 7.05 Å². The number of carbonyl (C=O) groups is 1. The molecule has 1 heterocycles. The topological polar surface area (TPSA) is 93.2 Å². The molecule has 1 aliphatic rings. The molecule has 0 radical (unpaired) electrons. The Labute approximate surface area is 87.1 Å². The predicted molar refractivity (Wildman–Crippen MR) is 54.1 cm³/mol. The number of hydrogen-bond donors (Lipinski definition) is 3. The van der Waals surface area contributed by atoms with E-state index >= 15 is 0 Å². The molecule has 1 aliphatic carbocycles. The van der Waals surface area contributed by atoms with Crippen LogP contribution in [0.2, 0.25) is 0 Å². The first-order valence-corrected chi connectivity index (χ1v) is 4.79. The SMILES string of the molecule is Cn1ncc(N)c1C(=O)NC1(CO)CC1. The highest BCUT2D eigenvalue weighted by Gasteiger charge is 2.44. The van der Waals surface area contributed by atoms with Gasteiger partial charge in [-0.2, -0.15) is 5.10 Å². The van der Waals surface area contributed by atoms with Gasteiger partial charge in [0.2, 0.25) is 0 Å². The van der Waals surface area contributed by atoms with Gasteiger partial charge in [-0.25, -0.2) is 0 Å². The number of aromatic nitrogens is 2. The fraction of sp³-hybridized carbons (Fsp3) is 0.556. The second-order valence-corrected chi connectivity index (χ2v) is 3.96. The largest absolute Gasteiger partial charge is 0.396 e. The average Bonchev–Trinajstić information content (AvgIpc) is 2.88. The first-order valence-electron chi connectivity index (χ1n) is 4.79. The first kappa shape index (κ1) is 9.97. The van der Waals surface area contributed by atoms with Gasteiger partial charge in [-0.3, -0.25) is 9.48 Å². The highest BCUT2D eigenvalue weighted by Crippen LogP contribution is 2.34. The standard InChI is InChI=1S/C9H14N4O2/c1-13-7(6(10)4-11-13)8(15)12-9(5-14)2-3-9/h4,14H,2-3,5,10H2,1H3,(H,12,15). The number of nitrogens with zero attached hydrogens (tertiary/aromatic N) is 2. The molecule has 4 N–H and O–H groups in total. The van der Waals surface area contributed by atoms with Gasteiger partial charge in [-0.1, -0.05) is 0 Å². The van der Waals surface area contributed by atoms with E-state index < -0.39 is 5.54 Å². The van der Waals surface area contributed by atoms with Crippen LogP contribution in [-0.2, 0) is 7.05 Å². The molecule has 1 saturated carbocycles. The summed E-state index contributed by atoms with van der Waals surface area (Å²) in [5.41, 5.74) is 5.89. The molecule has 0 aromatic carbocycles. The summed E-state index contributed by atoms with van der Waals surface area (Å²) in [5, 5.41) is 15.7. The molecule has 6 heteroatoms. The molecule has 2 rings (SSSR count). The number of nitrogens with one attached hydrogen (secondary N) is 1. The molecule has 0 unspecified atom stereocenters. The van der Waals surface area contributed by atoms with Crippen LogP contribution in [-0.4, -0.2) is 32.9 Å². The zero-order valence-corrected chi connectivity index (χ0v) is 8.53. The molecule has 1 fully saturated rings. The minimum absolute atomic E-state index is 0.0313. The number of aryl methyl sites for hydroxylation is 1. The van der Waals surface area contributed by atoms with Crippen molar-refractivity contribution >= 4 is 11.6 Å². The van der Waals surface area contributed by atoms with Crippen LogP contribution in [0, 0.1) is 0 Å². The maximum absolute atomic E-state index is 11.8. The Morgan fingerprint density at radius 3 is 2.87 bits per heavy atom. The summed E-state index contributed by atoms with van der Waals surface area (Å²) < 4.78 is 1.43. The molecule has 1 aromatic rings. The third-order valence-corrected chi connectivity index (χ3v) is 2.72. The number of rotatable bonds is 3. The summed E-state index contributed by atoms with van der Waals surface area (Å²) in [6, 6.07) is 0. The Kier molecular flexibility index (Phi) is 2.15. The van der Waals surface area contributed by atoms with Crippen LogP contribution >= 0.6 is 0 Å². The minimum Gasteiger partial charge on any atom is -0.396 e. The number of aliphatic hydroxyl groups is 1. The van der Waals surface area contributed by atoms with Crippen LogP contribution in [0.3, 0.4) is 0 Å². The lowest BCUT2D eigenvalue weighted by atomic mass is 10.2. The molecular formula is C9H14N4O2. The number of aliphatic hydroxyl groups excluding tert-OH is 1. The highest BCUT2D eigenvalue weighted by molar-refractivity contribution is 5.97. The molecule has 0 bridgehead atoms. The molecule has 1 amide bonds. The van der Waals surface area contributed by atoms with Gasteiger partial charge in [-0.15, -0.1) is 0 Å². The van der Waals surface area contributed by atoms with Gasteiger partial charge in [-0.05, 0) is 12.8 Å². The predicted octanol–water partition coefficient (Wildman–Crippen LogP) is -0.743. The molecule has 82 valence electrons. The van der Waals surface area contributed by atoms with Crippen LogP contribution in [0.4, 0.5) is 5.69 Å². The van der Waals surface area contributed by atoms with Crippen molar-refractivity contribution in [1.29, 1.82) is 0 Å². The Morgan fingerprint density at radius 1 is 1.80 bits per heavy atom. The van der Waals surface area contributed by atoms with Gasteiger partial charge in [0.1, 0.15) is 5.69 Å². The molecule has 0 atom stereocenters. The van der Waals surface area contributed by atoms with E-state index in [2.05, 4.69) is 10.4 Å². The third kappa shape index (κ3) is 1.68. The fourth-order valence-corrected chi connectivity index (χ4v) is 1.51. The minimum atomic E-state index is -0.423. The van der Waals surface area contributed by atoms with Crippen LogP contribution < -0.4 is 11.1 Å². The maximum Gasteiger partial charge on any atom is 0.272 e. The summed E-state index contributed by atoms with van der Waals surface area (Å²) in [4.78, 5) is 11.8. The number of amides is 1. The van der Waals surface area contributed by atoms with Gasteiger partial charge in [0.25, 0.3) is 5.91 Å². The lowest BCUT2D eigenvalue weighted by Gasteiger charge is -2.14. The van der Waals surface area contributed by atoms with Gasteiger partial charge < -0.3 is 16.2 Å². The van der Waals surface area contributed by atoms with Crippen LogP contribution in [0.25, 0.3) is 0 Å². The Hall–Kier alpha value is -1.56. The van der Waals surface area contributed by atoms with Crippen molar-refractivity contribution in [3.8, 4) is 0 Å². The number of carbonyl (C=O) groups excluding carboxylic acids is 1. The lowest BCUT2D eigenvalue weighted by molar-refractivity contribution is 0.0898. The zero-order chi connectivity index (χ0) is 11.1. The zero-order valence-electron chi connectivity index (χ0n) is 8.53. The molecule has 0 aliphatic heterocycles. The first-order chi connectivity index (χ1) is 7.08. The van der Waals surface area contributed by atoms with E-state index in [0.29, 0.717) is 11.4 Å². The molecule has 15 heavy (non-hydrogen) atoms. The monoisotopic (exact) mass is 210 g/mol. The lowest BCUT2D eigenvalue weighted by Crippen LogP contribution is -2.40. The summed E-state index contributed by atoms with van der Waals surface area (Å²) in [5.74, 6) is -0.279. The second-order valence-electron chi connectivity index (χ2n) is 3.96. The van der Waals surface area contributed by atoms with Crippen molar-refractivity contribution in [3.63, 3.8) is 0 Å². The summed E-state index contributed by atoms with van der Waals surface area (Å²) in [7, 11) is 1.66. The molecular weight excluding hydrogens is 196 g/mol. The summed E-state index contributed by atoms with van der Waals surface area (Å²) in [6.45, 7) is -0.0313. The Morgan fingerprint density at radius 2 is 2.47 bits per heavy atom. The van der Waals surface area contributed by atoms with Gasteiger partial charge in [0, 0.05) is 7.05 Å². The summed E-state index contributed by atoms with van der Waals surface area (Å²) >= 11 is 0. The number of nitrogens with two attached hydrogens (primary N) is 1. The number of nitrogen functional groups attached to an aromatic ring is 1. The van der Waals surface area contributed by atoms with E-state index in [4.69, 9.17) is 10.8 Å². The van der Waals surface area contributed by atoms with Gasteiger partial charge >= 0.3 is 0 Å². The van der Waals surface area contributed by atoms with Crippen molar-refractivity contribution in [1.82, 2.24) is 15.1 Å². The maximum atomic E-state index is 11.8. The average molecular weight is 210 g/mol. The fourth-order valence-electron chi connectivity index (χ4n) is 1.51. The van der Waals surface area contributed by atoms with Crippen molar-refractivity contribution in [2.45, 2.75) is 18.4 Å². The van der Waals surface area contributed by atoms with Crippen molar-refractivity contribution < 1.29 is 9.90 Å². The van der Waals surface area contributed by atoms with Crippen LogP contribution in [0.1, 0.15) is 23.3 Å². The van der Waals surface area contributed by atoms with E-state index in [1.807, 2.05) is 0 Å². The third-order valence-electron chi connectivity index (χ3n) is 2.72. The molecule has 0 saturated heterocycles. The molecule has 0 spiro atoms. The van der Waals surface area contributed by atoms with Gasteiger partial charge in [0.15, 0.2) is 0 Å². The second kappa shape index (κ2) is 3.23. The van der Waals surface area contributed by atoms with E-state index in [9.17, 15) is 4.79 Å². The van der Waals surface area contributed by atoms with Gasteiger partial charge in [0.05, 0.1) is 24.0 Å². The van der Waals surface area contributed by atoms with Crippen molar-refractivity contribution in [2.75, 3.05) is 12.3 Å². The highest BCUT2D eigenvalue weighted by atomic mass is 16.3. The van der Waals surface area contributed by atoms with E-state index in [-0.39, 0.29) is 12.5 Å². The molecule has 6 nitrogen and oxygen atoms in total.